The zero-order valence-electron chi connectivity index (χ0n) is 16.0. The number of hydrogen-bond donors (Lipinski definition) is 1. The van der Waals surface area contributed by atoms with Crippen molar-refractivity contribution in [3.63, 3.8) is 0 Å². The normalized spacial score (nSPS) is 16.1. The Bertz CT molecular complexity index is 908. The second kappa shape index (κ2) is 7.42. The highest BCUT2D eigenvalue weighted by Gasteiger charge is 2.33. The Morgan fingerprint density at radius 2 is 2.04 bits per heavy atom. The lowest BCUT2D eigenvalue weighted by molar-refractivity contribution is -0.120. The van der Waals surface area contributed by atoms with Crippen LogP contribution in [0, 0.1) is 0 Å². The number of likely N-dealkylation sites (N-methyl/N-ethyl adjacent to an activating group) is 1. The number of benzene rings is 2. The molecule has 2 aliphatic rings. The highest BCUT2D eigenvalue weighted by atomic mass is 16.5. The molecule has 0 bridgehead atoms. The number of carbonyl (C=O) groups excluding carboxylic acids is 2. The summed E-state index contributed by atoms with van der Waals surface area (Å²) in [6.07, 6.45) is 0.908. The van der Waals surface area contributed by atoms with Gasteiger partial charge < -0.3 is 24.6 Å². The molecule has 1 N–H and O–H groups in total. The first-order valence-corrected chi connectivity index (χ1v) is 9.39. The molecule has 28 heavy (non-hydrogen) atoms. The third kappa shape index (κ3) is 3.47. The van der Waals surface area contributed by atoms with E-state index < -0.39 is 0 Å². The van der Waals surface area contributed by atoms with Gasteiger partial charge in [0.05, 0.1) is 18.8 Å². The lowest BCUT2D eigenvalue weighted by Gasteiger charge is -2.39. The molecule has 0 aromatic heterocycles. The number of hydrogen-bond acceptors (Lipinski definition) is 4. The van der Waals surface area contributed by atoms with Crippen molar-refractivity contribution in [2.24, 2.45) is 0 Å². The zero-order chi connectivity index (χ0) is 19.7. The van der Waals surface area contributed by atoms with Crippen molar-refractivity contribution in [3.8, 4) is 11.5 Å². The maximum atomic E-state index is 12.5. The standard InChI is InChI=1S/C21H23N3O4/c1-3-14-6-4-5-7-18(14)28-16-11-24(12-16)21(26)22-15-8-9-19-17(10-15)23(2)20(25)13-27-19/h4-10,16H,3,11-13H2,1-2H3,(H,22,26). The largest absolute Gasteiger partial charge is 0.486 e. The second-order valence-corrected chi connectivity index (χ2v) is 6.96. The fourth-order valence-corrected chi connectivity index (χ4v) is 3.32. The number of likely N-dealkylation sites (tertiary alicyclic amines) is 1. The van der Waals surface area contributed by atoms with Gasteiger partial charge in [-0.3, -0.25) is 4.79 Å². The predicted molar refractivity (Wildman–Crippen MR) is 106 cm³/mol. The molecule has 0 saturated carbocycles. The molecule has 0 atom stereocenters. The Morgan fingerprint density at radius 3 is 2.82 bits per heavy atom. The van der Waals surface area contributed by atoms with Gasteiger partial charge in [0.25, 0.3) is 5.91 Å². The van der Waals surface area contributed by atoms with Gasteiger partial charge in [0.1, 0.15) is 17.6 Å². The molecule has 2 heterocycles. The van der Waals surface area contributed by atoms with Crippen LogP contribution in [0.15, 0.2) is 42.5 Å². The number of fused-ring (bicyclic) bond motifs is 1. The summed E-state index contributed by atoms with van der Waals surface area (Å²) in [4.78, 5) is 27.5. The predicted octanol–water partition coefficient (Wildman–Crippen LogP) is 2.90. The molecule has 2 aliphatic heterocycles. The van der Waals surface area contributed by atoms with E-state index >= 15 is 0 Å². The number of anilines is 2. The second-order valence-electron chi connectivity index (χ2n) is 6.96. The van der Waals surface area contributed by atoms with E-state index in [4.69, 9.17) is 9.47 Å². The summed E-state index contributed by atoms with van der Waals surface area (Å²) < 4.78 is 11.4. The Balaban J connectivity index is 1.34. The van der Waals surface area contributed by atoms with E-state index in [1.54, 1.807) is 30.1 Å². The van der Waals surface area contributed by atoms with Gasteiger partial charge in [-0.1, -0.05) is 25.1 Å². The van der Waals surface area contributed by atoms with E-state index in [2.05, 4.69) is 18.3 Å². The van der Waals surface area contributed by atoms with E-state index in [9.17, 15) is 9.59 Å². The van der Waals surface area contributed by atoms with Crippen LogP contribution in [-0.2, 0) is 11.2 Å². The van der Waals surface area contributed by atoms with Crippen molar-refractivity contribution in [2.45, 2.75) is 19.4 Å². The molecule has 4 rings (SSSR count). The fraction of sp³-hybridized carbons (Fsp3) is 0.333. The summed E-state index contributed by atoms with van der Waals surface area (Å²) in [6.45, 7) is 3.20. The molecule has 0 aliphatic carbocycles. The molecule has 7 nitrogen and oxygen atoms in total. The minimum absolute atomic E-state index is 0.000798. The van der Waals surface area contributed by atoms with Crippen molar-refractivity contribution in [3.05, 3.63) is 48.0 Å². The number of ether oxygens (including phenoxy) is 2. The number of aryl methyl sites for hydroxylation is 1. The monoisotopic (exact) mass is 381 g/mol. The van der Waals surface area contributed by atoms with Crippen LogP contribution in [0.3, 0.4) is 0 Å². The summed E-state index contributed by atoms with van der Waals surface area (Å²) >= 11 is 0. The van der Waals surface area contributed by atoms with Crippen molar-refractivity contribution < 1.29 is 19.1 Å². The Labute approximate surface area is 163 Å². The summed E-state index contributed by atoms with van der Waals surface area (Å²) in [5, 5.41) is 2.87. The van der Waals surface area contributed by atoms with E-state index in [0.29, 0.717) is 30.2 Å². The Kier molecular flexibility index (Phi) is 4.81. The molecular weight excluding hydrogens is 358 g/mol. The van der Waals surface area contributed by atoms with E-state index in [0.717, 1.165) is 12.2 Å². The first-order valence-electron chi connectivity index (χ1n) is 9.39. The van der Waals surface area contributed by atoms with Crippen LogP contribution >= 0.6 is 0 Å². The van der Waals surface area contributed by atoms with Crippen LogP contribution in [0.1, 0.15) is 12.5 Å². The topological polar surface area (TPSA) is 71.1 Å². The van der Waals surface area contributed by atoms with Crippen molar-refractivity contribution in [1.29, 1.82) is 0 Å². The van der Waals surface area contributed by atoms with Crippen LogP contribution in [0.2, 0.25) is 0 Å². The summed E-state index contributed by atoms with van der Waals surface area (Å²) in [7, 11) is 1.70. The van der Waals surface area contributed by atoms with Gasteiger partial charge in [-0.25, -0.2) is 4.79 Å². The average molecular weight is 381 g/mol. The molecule has 1 saturated heterocycles. The van der Waals surface area contributed by atoms with Crippen LogP contribution in [0.25, 0.3) is 0 Å². The summed E-state index contributed by atoms with van der Waals surface area (Å²) in [5.41, 5.74) is 2.44. The molecular formula is C21H23N3O4. The SMILES string of the molecule is CCc1ccccc1OC1CN(C(=O)Nc2ccc3c(c2)N(C)C(=O)CO3)C1. The van der Waals surface area contributed by atoms with Gasteiger partial charge in [-0.05, 0) is 36.2 Å². The average Bonchev–Trinajstić information content (AvgIpc) is 2.67. The molecule has 2 aromatic rings. The minimum atomic E-state index is -0.186. The third-order valence-electron chi connectivity index (χ3n) is 5.08. The minimum Gasteiger partial charge on any atom is -0.486 e. The third-order valence-corrected chi connectivity index (χ3v) is 5.08. The lowest BCUT2D eigenvalue weighted by Crippen LogP contribution is -2.57. The number of urea groups is 1. The number of nitrogens with zero attached hydrogens (tertiary/aromatic N) is 2. The first-order chi connectivity index (χ1) is 13.5. The number of nitrogens with one attached hydrogen (secondary N) is 1. The van der Waals surface area contributed by atoms with Gasteiger partial charge >= 0.3 is 6.03 Å². The Hall–Kier alpha value is -3.22. The molecule has 0 unspecified atom stereocenters. The smallest absolute Gasteiger partial charge is 0.322 e. The highest BCUT2D eigenvalue weighted by molar-refractivity contribution is 5.99. The van der Waals surface area contributed by atoms with Gasteiger partial charge in [0.15, 0.2) is 6.61 Å². The van der Waals surface area contributed by atoms with Crippen LogP contribution in [-0.4, -0.2) is 49.7 Å². The Morgan fingerprint density at radius 1 is 1.25 bits per heavy atom. The maximum Gasteiger partial charge on any atom is 0.322 e. The van der Waals surface area contributed by atoms with Gasteiger partial charge in [0, 0.05) is 12.7 Å². The molecule has 3 amide bonds. The van der Waals surface area contributed by atoms with Crippen molar-refractivity contribution in [1.82, 2.24) is 4.90 Å². The molecule has 7 heteroatoms. The van der Waals surface area contributed by atoms with E-state index in [1.807, 2.05) is 18.2 Å². The van der Waals surface area contributed by atoms with Gasteiger partial charge in [0.2, 0.25) is 0 Å². The number of amides is 3. The molecule has 1 fully saturated rings. The molecule has 0 spiro atoms. The summed E-state index contributed by atoms with van der Waals surface area (Å²) in [5.74, 6) is 1.40. The molecule has 0 radical (unpaired) electrons. The van der Waals surface area contributed by atoms with Gasteiger partial charge in [-0.15, -0.1) is 0 Å². The van der Waals surface area contributed by atoms with Crippen molar-refractivity contribution in [2.75, 3.05) is 37.0 Å². The summed E-state index contributed by atoms with van der Waals surface area (Å²) in [6, 6.07) is 13.1. The maximum absolute atomic E-state index is 12.5. The van der Waals surface area contributed by atoms with Gasteiger partial charge in [-0.2, -0.15) is 0 Å². The van der Waals surface area contributed by atoms with E-state index in [1.165, 1.54) is 10.5 Å². The molecule has 2 aromatic carbocycles. The number of para-hydroxylation sites is 1. The zero-order valence-corrected chi connectivity index (χ0v) is 16.0. The van der Waals surface area contributed by atoms with Crippen LogP contribution in [0.5, 0.6) is 11.5 Å². The lowest BCUT2D eigenvalue weighted by atomic mass is 10.1. The van der Waals surface area contributed by atoms with Crippen LogP contribution in [0.4, 0.5) is 16.2 Å². The van der Waals surface area contributed by atoms with E-state index in [-0.39, 0.29) is 24.6 Å². The van der Waals surface area contributed by atoms with Crippen LogP contribution < -0.4 is 19.7 Å². The molecule has 146 valence electrons. The number of rotatable bonds is 4. The highest BCUT2D eigenvalue weighted by Crippen LogP contribution is 2.34. The van der Waals surface area contributed by atoms with Crippen molar-refractivity contribution >= 4 is 23.3 Å². The first kappa shape index (κ1) is 18.2. The number of carbonyl (C=O) groups is 2. The fourth-order valence-electron chi connectivity index (χ4n) is 3.32. The quantitative estimate of drug-likeness (QED) is 0.884.